The molecule has 0 aliphatic carbocycles. The first kappa shape index (κ1) is 50.7. The molecule has 6 atom stereocenters. The minimum Gasteiger partial charge on any atom is -0.491 e. The first-order valence-electron chi connectivity index (χ1n) is 25.2. The lowest BCUT2D eigenvalue weighted by Crippen LogP contribution is -2.54. The second-order valence-corrected chi connectivity index (χ2v) is 18.9. The molecule has 3 fully saturated rings. The molecule has 0 radical (unpaired) electrons. The average Bonchev–Trinajstić information content (AvgIpc) is 3.93. The van der Waals surface area contributed by atoms with E-state index >= 15 is 14.4 Å². The molecular weight excluding hydrogens is 951 g/mol. The summed E-state index contributed by atoms with van der Waals surface area (Å²) in [6.07, 6.45) is -1.94. The Balaban J connectivity index is 1.21. The van der Waals surface area contributed by atoms with Crippen LogP contribution in [-0.4, -0.2) is 118 Å². The number of rotatable bonds is 15. The van der Waals surface area contributed by atoms with E-state index in [1.807, 2.05) is 103 Å². The summed E-state index contributed by atoms with van der Waals surface area (Å²) in [6, 6.07) is 45.1. The Morgan fingerprint density at radius 2 is 1.48 bits per heavy atom. The van der Waals surface area contributed by atoms with Gasteiger partial charge in [0.2, 0.25) is 11.8 Å². The van der Waals surface area contributed by atoms with Gasteiger partial charge in [-0.05, 0) is 77.8 Å². The zero-order valence-corrected chi connectivity index (χ0v) is 41.9. The fourth-order valence-electron chi connectivity index (χ4n) is 11.2. The number of morpholine rings is 2. The van der Waals surface area contributed by atoms with E-state index < -0.39 is 59.4 Å². The monoisotopic (exact) mass is 1010 g/mol. The molecule has 4 aliphatic rings. The van der Waals surface area contributed by atoms with Crippen LogP contribution in [0.4, 0.5) is 21.9 Å². The third-order valence-electron chi connectivity index (χ3n) is 14.4. The van der Waals surface area contributed by atoms with E-state index in [4.69, 9.17) is 23.7 Å². The Kier molecular flexibility index (Phi) is 15.4. The molecule has 1 spiro atoms. The molecule has 15 nitrogen and oxygen atoms in total. The third kappa shape index (κ3) is 9.98. The van der Waals surface area contributed by atoms with Crippen LogP contribution < -0.4 is 19.9 Å². The van der Waals surface area contributed by atoms with Gasteiger partial charge in [-0.1, -0.05) is 121 Å². The summed E-state index contributed by atoms with van der Waals surface area (Å²) in [5.74, 6) is 3.11. The van der Waals surface area contributed by atoms with Gasteiger partial charge in [-0.15, -0.1) is 0 Å². The normalized spacial score (nSPS) is 22.0. The number of fused-ring (bicyclic) bond motifs is 3. The van der Waals surface area contributed by atoms with Crippen LogP contribution >= 0.6 is 0 Å². The molecular formula is C60H59N5O10. The summed E-state index contributed by atoms with van der Waals surface area (Å²) >= 11 is 0. The molecule has 3 amide bonds. The van der Waals surface area contributed by atoms with Crippen LogP contribution in [0, 0.1) is 17.8 Å². The molecule has 0 bridgehead atoms. The number of esters is 1. The average molecular weight is 1010 g/mol. The van der Waals surface area contributed by atoms with Crippen molar-refractivity contribution in [1.82, 2.24) is 9.80 Å². The number of benzene rings is 6. The van der Waals surface area contributed by atoms with Crippen LogP contribution in [0.5, 0.6) is 5.75 Å². The number of imide groups is 1. The topological polar surface area (TPSA) is 160 Å². The smallest absolute Gasteiger partial charge is 0.421 e. The Bertz CT molecular complexity index is 3050. The van der Waals surface area contributed by atoms with Crippen LogP contribution in [0.1, 0.15) is 51.6 Å². The van der Waals surface area contributed by atoms with Crippen molar-refractivity contribution < 1.29 is 48.0 Å². The number of aliphatic hydroxyl groups excluding tert-OH is 1. The molecule has 10 rings (SSSR count). The third-order valence-corrected chi connectivity index (χ3v) is 14.4. The number of methoxy groups -OCH3 is 1. The molecule has 0 aromatic heterocycles. The van der Waals surface area contributed by atoms with Crippen LogP contribution in [0.15, 0.2) is 158 Å². The number of carbonyl (C=O) groups excluding carboxylic acids is 4. The van der Waals surface area contributed by atoms with Crippen LogP contribution in [-0.2, 0) is 45.3 Å². The molecule has 4 heterocycles. The Morgan fingerprint density at radius 1 is 0.800 bits per heavy atom. The SMILES string of the molecule is COCCOC(=O)N1C(=O)C2(c3cc(C#CCN(C)Cc4ccccc4)ccc31)C(C(=O)Nc1ccc(N3CCOCC3)cc1)C1C(=O)OC(c3ccccc3)C(c3ccccc3)N1C2c1ccccc1OCCO. The summed E-state index contributed by atoms with van der Waals surface area (Å²) in [5.41, 5.74) is 3.14. The lowest BCUT2D eigenvalue weighted by Gasteiger charge is -2.46. The minimum absolute atomic E-state index is 0.0495. The van der Waals surface area contributed by atoms with Crippen molar-refractivity contribution in [3.63, 3.8) is 0 Å². The number of nitrogens with one attached hydrogen (secondary N) is 1. The van der Waals surface area contributed by atoms with Crippen molar-refractivity contribution in [3.05, 3.63) is 191 Å². The lowest BCUT2D eigenvalue weighted by molar-refractivity contribution is -0.177. The number of amides is 3. The number of aliphatic hydroxyl groups is 1. The Hall–Kier alpha value is -7.84. The van der Waals surface area contributed by atoms with Crippen molar-refractivity contribution in [3.8, 4) is 17.6 Å². The molecule has 15 heteroatoms. The standard InChI is InChI=1S/C60H59N5O10/c1-62(40-42-15-6-3-7-16-42)30-14-17-41-24-29-49-48(39-41)60(58(69)64(49)59(70)74-38-37-71-2)51(56(67)61-45-25-27-46(28-26-45)63-31-34-72-35-32-63)53-57(68)75-54(44-20-10-5-11-21-44)52(43-18-8-4-9-19-43)65(53)55(60)47-22-12-13-23-50(47)73-36-33-66/h3-13,15-16,18-29,39,51-55,66H,30-38,40H2,1-2H3,(H,61,67). The summed E-state index contributed by atoms with van der Waals surface area (Å²) in [7, 11) is 3.45. The quantitative estimate of drug-likeness (QED) is 0.0594. The van der Waals surface area contributed by atoms with E-state index in [-0.39, 0.29) is 37.7 Å². The van der Waals surface area contributed by atoms with Gasteiger partial charge in [0.25, 0.3) is 0 Å². The van der Waals surface area contributed by atoms with Gasteiger partial charge in [0, 0.05) is 49.2 Å². The summed E-state index contributed by atoms with van der Waals surface area (Å²) < 4.78 is 29.6. The van der Waals surface area contributed by atoms with Gasteiger partial charge in [-0.25, -0.2) is 9.69 Å². The highest BCUT2D eigenvalue weighted by atomic mass is 16.6. The van der Waals surface area contributed by atoms with Gasteiger partial charge >= 0.3 is 12.1 Å². The van der Waals surface area contributed by atoms with Gasteiger partial charge in [-0.2, -0.15) is 0 Å². The molecule has 3 saturated heterocycles. The number of hydrogen-bond donors (Lipinski definition) is 2. The first-order chi connectivity index (χ1) is 36.7. The Morgan fingerprint density at radius 3 is 2.19 bits per heavy atom. The van der Waals surface area contributed by atoms with E-state index in [1.54, 1.807) is 54.6 Å². The van der Waals surface area contributed by atoms with Crippen molar-refractivity contribution in [1.29, 1.82) is 0 Å². The first-order valence-corrected chi connectivity index (χ1v) is 25.2. The maximum absolute atomic E-state index is 16.7. The summed E-state index contributed by atoms with van der Waals surface area (Å²) in [5, 5.41) is 13.3. The number of nitrogens with zero attached hydrogens (tertiary/aromatic N) is 4. The van der Waals surface area contributed by atoms with Gasteiger partial charge in [0.1, 0.15) is 36.5 Å². The minimum atomic E-state index is -2.11. The molecule has 75 heavy (non-hydrogen) atoms. The van der Waals surface area contributed by atoms with Crippen LogP contribution in [0.3, 0.4) is 0 Å². The van der Waals surface area contributed by atoms with Gasteiger partial charge in [0.15, 0.2) is 0 Å². The highest BCUT2D eigenvalue weighted by Crippen LogP contribution is 2.67. The van der Waals surface area contributed by atoms with E-state index in [9.17, 15) is 9.90 Å². The fourth-order valence-corrected chi connectivity index (χ4v) is 11.2. The largest absolute Gasteiger partial charge is 0.491 e. The molecule has 6 aromatic carbocycles. The van der Waals surface area contributed by atoms with Crippen LogP contribution in [0.2, 0.25) is 0 Å². The highest BCUT2D eigenvalue weighted by Gasteiger charge is 2.76. The number of cyclic esters (lactones) is 1. The number of hydrogen-bond acceptors (Lipinski definition) is 13. The second-order valence-electron chi connectivity index (χ2n) is 18.9. The van der Waals surface area contributed by atoms with Gasteiger partial charge in [-0.3, -0.25) is 24.2 Å². The van der Waals surface area contributed by atoms with Crippen molar-refractivity contribution in [2.45, 2.75) is 36.2 Å². The van der Waals surface area contributed by atoms with Gasteiger partial charge in [0.05, 0.1) is 56.7 Å². The molecule has 6 aromatic rings. The van der Waals surface area contributed by atoms with Crippen molar-refractivity contribution in [2.75, 3.05) is 88.5 Å². The lowest BCUT2D eigenvalue weighted by atomic mass is 9.65. The van der Waals surface area contributed by atoms with E-state index in [0.29, 0.717) is 67.5 Å². The predicted octanol–water partition coefficient (Wildman–Crippen LogP) is 7.47. The summed E-state index contributed by atoms with van der Waals surface area (Å²) in [4.78, 5) is 70.4. The van der Waals surface area contributed by atoms with E-state index in [2.05, 4.69) is 39.1 Å². The Labute approximate surface area is 436 Å². The molecule has 2 N–H and O–H groups in total. The zero-order chi connectivity index (χ0) is 51.9. The predicted molar refractivity (Wildman–Crippen MR) is 282 cm³/mol. The molecule has 6 unspecified atom stereocenters. The molecule has 4 aliphatic heterocycles. The number of carbonyl (C=O) groups is 4. The zero-order valence-electron chi connectivity index (χ0n) is 41.9. The van der Waals surface area contributed by atoms with Crippen molar-refractivity contribution in [2.24, 2.45) is 5.92 Å². The number of anilines is 3. The molecule has 0 saturated carbocycles. The maximum Gasteiger partial charge on any atom is 0.421 e. The summed E-state index contributed by atoms with van der Waals surface area (Å²) in [6.45, 7) is 3.07. The number of para-hydroxylation sites is 1. The number of ether oxygens (including phenoxy) is 5. The van der Waals surface area contributed by atoms with Crippen LogP contribution in [0.25, 0.3) is 0 Å². The fraction of sp³-hybridized carbons (Fsp3) is 0.300. The van der Waals surface area contributed by atoms with Crippen molar-refractivity contribution >= 4 is 40.9 Å². The van der Waals surface area contributed by atoms with E-state index in [0.717, 1.165) is 21.7 Å². The maximum atomic E-state index is 16.7. The highest BCUT2D eigenvalue weighted by molar-refractivity contribution is 6.24. The second kappa shape index (κ2) is 22.7. The molecule has 384 valence electrons. The van der Waals surface area contributed by atoms with Gasteiger partial charge < -0.3 is 39.0 Å². The van der Waals surface area contributed by atoms with E-state index in [1.165, 1.54) is 7.11 Å².